The molecule has 0 radical (unpaired) electrons. The summed E-state index contributed by atoms with van der Waals surface area (Å²) in [5.41, 5.74) is 1.14. The minimum atomic E-state index is -0.360. The Kier molecular flexibility index (Phi) is 5.87. The van der Waals surface area contributed by atoms with Gasteiger partial charge in [0.05, 0.1) is 0 Å². The lowest BCUT2D eigenvalue weighted by Crippen LogP contribution is -2.37. The van der Waals surface area contributed by atoms with Crippen LogP contribution in [0.25, 0.3) is 0 Å². The van der Waals surface area contributed by atoms with Gasteiger partial charge in [0.15, 0.2) is 0 Å². The molecule has 0 aliphatic carbocycles. The highest BCUT2D eigenvalue weighted by molar-refractivity contribution is 9.10. The number of rotatable bonds is 5. The number of amides is 2. The number of benzene rings is 2. The van der Waals surface area contributed by atoms with Gasteiger partial charge in [0.1, 0.15) is 5.82 Å². The van der Waals surface area contributed by atoms with Crippen molar-refractivity contribution in [2.45, 2.75) is 6.92 Å². The van der Waals surface area contributed by atoms with Crippen molar-refractivity contribution in [1.29, 1.82) is 0 Å². The van der Waals surface area contributed by atoms with Crippen molar-refractivity contribution in [2.24, 2.45) is 0 Å². The molecule has 4 nitrogen and oxygen atoms in total. The molecule has 0 fully saturated rings. The predicted molar refractivity (Wildman–Crippen MR) is 90.9 cm³/mol. The number of hydrogen-bond donors (Lipinski definition) is 1. The maximum absolute atomic E-state index is 13.0. The summed E-state index contributed by atoms with van der Waals surface area (Å²) in [5.74, 6) is -0.740. The molecule has 0 atom stereocenters. The van der Waals surface area contributed by atoms with Gasteiger partial charge >= 0.3 is 0 Å². The fourth-order valence-corrected chi connectivity index (χ4v) is 2.34. The molecule has 1 N–H and O–H groups in total. The van der Waals surface area contributed by atoms with E-state index in [2.05, 4.69) is 21.2 Å². The average molecular weight is 379 g/mol. The second kappa shape index (κ2) is 7.87. The molecule has 0 unspecified atom stereocenters. The first-order chi connectivity index (χ1) is 11.0. The minimum absolute atomic E-state index is 0.172. The second-order valence-corrected chi connectivity index (χ2v) is 5.83. The van der Waals surface area contributed by atoms with Gasteiger partial charge in [-0.3, -0.25) is 9.59 Å². The van der Waals surface area contributed by atoms with E-state index >= 15 is 0 Å². The number of carbonyl (C=O) groups is 2. The van der Waals surface area contributed by atoms with Crippen LogP contribution in [0.4, 0.5) is 10.1 Å². The molecule has 0 bridgehead atoms. The monoisotopic (exact) mass is 378 g/mol. The lowest BCUT2D eigenvalue weighted by atomic mass is 10.2. The topological polar surface area (TPSA) is 49.4 Å². The Morgan fingerprint density at radius 2 is 1.70 bits per heavy atom. The summed E-state index contributed by atoms with van der Waals surface area (Å²) in [6, 6.07) is 12.7. The summed E-state index contributed by atoms with van der Waals surface area (Å²) in [7, 11) is 0. The van der Waals surface area contributed by atoms with Gasteiger partial charge in [-0.15, -0.1) is 0 Å². The van der Waals surface area contributed by atoms with Crippen molar-refractivity contribution in [2.75, 3.05) is 18.0 Å². The summed E-state index contributed by atoms with van der Waals surface area (Å²) < 4.78 is 13.9. The number of carbonyl (C=O) groups excluding carboxylic acids is 2. The highest BCUT2D eigenvalue weighted by atomic mass is 79.9. The van der Waals surface area contributed by atoms with E-state index in [-0.39, 0.29) is 17.6 Å². The third kappa shape index (κ3) is 4.89. The van der Waals surface area contributed by atoms with Crippen molar-refractivity contribution in [3.05, 3.63) is 64.4 Å². The van der Waals surface area contributed by atoms with Gasteiger partial charge in [-0.25, -0.2) is 4.39 Å². The van der Waals surface area contributed by atoms with Crippen LogP contribution in [0, 0.1) is 5.82 Å². The van der Waals surface area contributed by atoms with E-state index in [1.54, 1.807) is 24.3 Å². The molecule has 0 aromatic heterocycles. The van der Waals surface area contributed by atoms with Gasteiger partial charge in [0.25, 0.3) is 5.91 Å². The molecule has 0 heterocycles. The fourth-order valence-electron chi connectivity index (χ4n) is 2.07. The lowest BCUT2D eigenvalue weighted by Gasteiger charge is -2.21. The van der Waals surface area contributed by atoms with E-state index in [1.807, 2.05) is 0 Å². The van der Waals surface area contributed by atoms with Crippen molar-refractivity contribution in [3.8, 4) is 0 Å². The second-order valence-electron chi connectivity index (χ2n) is 4.91. The van der Waals surface area contributed by atoms with Gasteiger partial charge in [-0.2, -0.15) is 0 Å². The quantitative estimate of drug-likeness (QED) is 0.866. The Morgan fingerprint density at radius 1 is 1.09 bits per heavy atom. The molecule has 2 aromatic rings. The fraction of sp³-hybridized carbons (Fsp3) is 0.176. The van der Waals surface area contributed by atoms with E-state index in [9.17, 15) is 14.0 Å². The number of halogens is 2. The standard InChI is InChI=1S/C17H16BrFN2O2/c1-12(22)21(16-8-6-15(19)7-9-16)11-10-20-17(23)13-2-4-14(18)5-3-13/h2-9H,10-11H2,1H3,(H,20,23). The Morgan fingerprint density at radius 3 is 2.26 bits per heavy atom. The summed E-state index contributed by atoms with van der Waals surface area (Å²) >= 11 is 3.31. The van der Waals surface area contributed by atoms with E-state index < -0.39 is 0 Å². The van der Waals surface area contributed by atoms with Gasteiger partial charge in [0.2, 0.25) is 5.91 Å². The highest BCUT2D eigenvalue weighted by Gasteiger charge is 2.12. The molecule has 0 aliphatic heterocycles. The number of nitrogens with zero attached hydrogens (tertiary/aromatic N) is 1. The normalized spacial score (nSPS) is 10.2. The maximum atomic E-state index is 13.0. The highest BCUT2D eigenvalue weighted by Crippen LogP contribution is 2.15. The third-order valence-corrected chi connectivity index (χ3v) is 3.77. The summed E-state index contributed by atoms with van der Waals surface area (Å²) in [4.78, 5) is 25.2. The summed E-state index contributed by atoms with van der Waals surface area (Å²) in [6.07, 6.45) is 0. The zero-order valence-electron chi connectivity index (χ0n) is 12.6. The van der Waals surface area contributed by atoms with Crippen LogP contribution in [0.1, 0.15) is 17.3 Å². The predicted octanol–water partition coefficient (Wildman–Crippen LogP) is 3.37. The van der Waals surface area contributed by atoms with Crippen LogP contribution in [0.15, 0.2) is 53.0 Å². The molecule has 2 aromatic carbocycles. The maximum Gasteiger partial charge on any atom is 0.251 e. The molecule has 120 valence electrons. The molecule has 0 saturated carbocycles. The number of nitrogens with one attached hydrogen (secondary N) is 1. The van der Waals surface area contributed by atoms with Crippen LogP contribution in [-0.4, -0.2) is 24.9 Å². The molecule has 0 spiro atoms. The lowest BCUT2D eigenvalue weighted by molar-refractivity contribution is -0.116. The van der Waals surface area contributed by atoms with Gasteiger partial charge in [-0.05, 0) is 48.5 Å². The minimum Gasteiger partial charge on any atom is -0.350 e. The van der Waals surface area contributed by atoms with Crippen LogP contribution >= 0.6 is 15.9 Å². The first kappa shape index (κ1) is 17.1. The largest absolute Gasteiger partial charge is 0.350 e. The molecule has 2 rings (SSSR count). The summed E-state index contributed by atoms with van der Waals surface area (Å²) in [6.45, 7) is 2.04. The molecule has 0 saturated heterocycles. The van der Waals surface area contributed by atoms with Crippen molar-refractivity contribution in [3.63, 3.8) is 0 Å². The van der Waals surface area contributed by atoms with Crippen LogP contribution in [0.3, 0.4) is 0 Å². The van der Waals surface area contributed by atoms with Crippen molar-refractivity contribution in [1.82, 2.24) is 5.32 Å². The van der Waals surface area contributed by atoms with E-state index in [0.29, 0.717) is 24.3 Å². The molecule has 2 amide bonds. The Hall–Kier alpha value is -2.21. The third-order valence-electron chi connectivity index (χ3n) is 3.25. The first-order valence-corrected chi connectivity index (χ1v) is 7.84. The van der Waals surface area contributed by atoms with Gasteiger partial charge < -0.3 is 10.2 Å². The Labute approximate surface area is 142 Å². The molecular formula is C17H16BrFN2O2. The smallest absolute Gasteiger partial charge is 0.251 e. The van der Waals surface area contributed by atoms with Crippen molar-refractivity contribution >= 4 is 33.4 Å². The van der Waals surface area contributed by atoms with Gasteiger partial charge in [0, 0.05) is 35.7 Å². The van der Waals surface area contributed by atoms with Gasteiger partial charge in [-0.1, -0.05) is 15.9 Å². The Bertz CT molecular complexity index is 687. The zero-order chi connectivity index (χ0) is 16.8. The number of anilines is 1. The SMILES string of the molecule is CC(=O)N(CCNC(=O)c1ccc(Br)cc1)c1ccc(F)cc1. The molecule has 6 heteroatoms. The van der Waals surface area contributed by atoms with E-state index in [1.165, 1.54) is 36.1 Å². The Balaban J connectivity index is 1.94. The number of hydrogen-bond acceptors (Lipinski definition) is 2. The van der Waals surface area contributed by atoms with E-state index in [4.69, 9.17) is 0 Å². The van der Waals surface area contributed by atoms with E-state index in [0.717, 1.165) is 4.47 Å². The molecular weight excluding hydrogens is 363 g/mol. The molecule has 23 heavy (non-hydrogen) atoms. The average Bonchev–Trinajstić information content (AvgIpc) is 2.53. The molecule has 0 aliphatic rings. The first-order valence-electron chi connectivity index (χ1n) is 7.05. The van der Waals surface area contributed by atoms with Crippen molar-refractivity contribution < 1.29 is 14.0 Å². The van der Waals surface area contributed by atoms with Crippen LogP contribution in [0.5, 0.6) is 0 Å². The van der Waals surface area contributed by atoms with Crippen LogP contribution < -0.4 is 10.2 Å². The zero-order valence-corrected chi connectivity index (χ0v) is 14.1. The van der Waals surface area contributed by atoms with Crippen LogP contribution in [0.2, 0.25) is 0 Å². The van der Waals surface area contributed by atoms with Crippen LogP contribution in [-0.2, 0) is 4.79 Å². The summed E-state index contributed by atoms with van der Waals surface area (Å²) in [5, 5.41) is 2.76.